The number of aromatic nitrogens is 2. The predicted octanol–water partition coefficient (Wildman–Crippen LogP) is 1.04. The Bertz CT molecular complexity index is 617. The van der Waals surface area contributed by atoms with E-state index < -0.39 is 0 Å². The maximum Gasteiger partial charge on any atom is 0.266 e. The molecule has 2 aromatic rings. The van der Waals surface area contributed by atoms with Crippen molar-refractivity contribution < 1.29 is 4.79 Å². The Morgan fingerprint density at radius 1 is 1.56 bits per heavy atom. The van der Waals surface area contributed by atoms with Crippen LogP contribution in [-0.2, 0) is 7.05 Å². The molecule has 6 heteroatoms. The van der Waals surface area contributed by atoms with Crippen molar-refractivity contribution in [2.45, 2.75) is 0 Å². The van der Waals surface area contributed by atoms with Gasteiger partial charge in [-0.25, -0.2) is 0 Å². The molecule has 2 aromatic heterocycles. The summed E-state index contributed by atoms with van der Waals surface area (Å²) in [7, 11) is 1.79. The summed E-state index contributed by atoms with van der Waals surface area (Å²) in [6.45, 7) is 0.313. The highest BCUT2D eigenvalue weighted by molar-refractivity contribution is 7.14. The first-order valence-corrected chi connectivity index (χ1v) is 6.10. The summed E-state index contributed by atoms with van der Waals surface area (Å²) in [5.74, 6) is 5.99. The van der Waals surface area contributed by atoms with Crippen LogP contribution in [0.15, 0.2) is 24.4 Å². The second-order valence-corrected chi connectivity index (χ2v) is 4.58. The molecule has 18 heavy (non-hydrogen) atoms. The number of nitrogens with zero attached hydrogens (tertiary/aromatic N) is 2. The number of carbonyl (C=O) groups excluding carboxylic acids is 1. The van der Waals surface area contributed by atoms with E-state index in [1.54, 1.807) is 36.1 Å². The van der Waals surface area contributed by atoms with Crippen molar-refractivity contribution >= 4 is 23.1 Å². The second kappa shape index (κ2) is 5.49. The Labute approximate surface area is 109 Å². The van der Waals surface area contributed by atoms with Crippen molar-refractivity contribution in [2.75, 3.05) is 11.9 Å². The molecule has 0 fully saturated rings. The number of amides is 1. The lowest BCUT2D eigenvalue weighted by atomic mass is 10.4. The first kappa shape index (κ1) is 12.4. The lowest BCUT2D eigenvalue weighted by molar-refractivity contribution is 0.103. The molecule has 0 aliphatic heterocycles. The van der Waals surface area contributed by atoms with E-state index in [1.165, 1.54) is 11.3 Å². The van der Waals surface area contributed by atoms with Gasteiger partial charge in [0.25, 0.3) is 5.91 Å². The van der Waals surface area contributed by atoms with Crippen LogP contribution in [0.25, 0.3) is 0 Å². The van der Waals surface area contributed by atoms with E-state index in [0.717, 1.165) is 4.88 Å². The number of thiophene rings is 1. The Morgan fingerprint density at radius 2 is 2.39 bits per heavy atom. The highest BCUT2D eigenvalue weighted by Crippen LogP contribution is 2.16. The molecule has 0 spiro atoms. The summed E-state index contributed by atoms with van der Waals surface area (Å²) in [5, 5.41) is 6.79. The summed E-state index contributed by atoms with van der Waals surface area (Å²) in [6, 6.07) is 5.28. The van der Waals surface area contributed by atoms with E-state index in [0.29, 0.717) is 17.2 Å². The van der Waals surface area contributed by atoms with Gasteiger partial charge in [-0.3, -0.25) is 9.48 Å². The molecule has 0 aromatic carbocycles. The van der Waals surface area contributed by atoms with E-state index in [1.807, 2.05) is 0 Å². The molecule has 0 bridgehead atoms. The van der Waals surface area contributed by atoms with Gasteiger partial charge in [-0.1, -0.05) is 11.8 Å². The number of rotatable bonds is 2. The molecule has 0 radical (unpaired) electrons. The largest absolute Gasteiger partial charge is 0.320 e. The standard InChI is InChI=1S/C12H12N4OS/c1-16-8-6-11(15-16)14-12(17)10-5-4-9(18-10)3-2-7-13/h4-6,8H,7,13H2,1H3,(H,14,15,17). The summed E-state index contributed by atoms with van der Waals surface area (Å²) < 4.78 is 1.63. The van der Waals surface area contributed by atoms with Gasteiger partial charge in [-0.2, -0.15) is 5.10 Å². The average Bonchev–Trinajstić information content (AvgIpc) is 2.96. The highest BCUT2D eigenvalue weighted by Gasteiger charge is 2.09. The van der Waals surface area contributed by atoms with Crippen LogP contribution >= 0.6 is 11.3 Å². The molecule has 5 nitrogen and oxygen atoms in total. The van der Waals surface area contributed by atoms with Crippen molar-refractivity contribution in [1.82, 2.24) is 9.78 Å². The molecule has 92 valence electrons. The number of nitrogens with two attached hydrogens (primary N) is 1. The van der Waals surface area contributed by atoms with E-state index in [9.17, 15) is 4.79 Å². The maximum atomic E-state index is 11.9. The fraction of sp³-hybridized carbons (Fsp3) is 0.167. The third-order valence-corrected chi connectivity index (χ3v) is 3.10. The molecule has 0 aliphatic rings. The molecule has 0 atom stereocenters. The zero-order chi connectivity index (χ0) is 13.0. The topological polar surface area (TPSA) is 72.9 Å². The van der Waals surface area contributed by atoms with Crippen LogP contribution in [0.5, 0.6) is 0 Å². The average molecular weight is 260 g/mol. The zero-order valence-electron chi connectivity index (χ0n) is 9.80. The molecule has 0 unspecified atom stereocenters. The number of carbonyl (C=O) groups is 1. The predicted molar refractivity (Wildman–Crippen MR) is 71.4 cm³/mol. The smallest absolute Gasteiger partial charge is 0.266 e. The fourth-order valence-electron chi connectivity index (χ4n) is 1.32. The molecule has 2 rings (SSSR count). The normalized spacial score (nSPS) is 9.67. The van der Waals surface area contributed by atoms with Crippen LogP contribution in [0.2, 0.25) is 0 Å². The van der Waals surface area contributed by atoms with Gasteiger partial charge < -0.3 is 11.1 Å². The summed E-state index contributed by atoms with van der Waals surface area (Å²) in [6.07, 6.45) is 1.77. The minimum Gasteiger partial charge on any atom is -0.320 e. The number of nitrogens with one attached hydrogen (secondary N) is 1. The minimum absolute atomic E-state index is 0.181. The maximum absolute atomic E-state index is 11.9. The van der Waals surface area contributed by atoms with Gasteiger partial charge in [0.05, 0.1) is 16.3 Å². The van der Waals surface area contributed by atoms with Gasteiger partial charge in [0, 0.05) is 19.3 Å². The van der Waals surface area contributed by atoms with E-state index in [2.05, 4.69) is 22.3 Å². The third-order valence-electron chi connectivity index (χ3n) is 2.10. The third kappa shape index (κ3) is 2.97. The molecule has 1 amide bonds. The van der Waals surface area contributed by atoms with E-state index in [4.69, 9.17) is 5.73 Å². The monoisotopic (exact) mass is 260 g/mol. The van der Waals surface area contributed by atoms with E-state index in [-0.39, 0.29) is 5.91 Å². The SMILES string of the molecule is Cn1ccc(NC(=O)c2ccc(C#CCN)s2)n1. The lowest BCUT2D eigenvalue weighted by Gasteiger charge is -1.97. The molecular formula is C12H12N4OS. The van der Waals surface area contributed by atoms with Crippen LogP contribution in [0.4, 0.5) is 5.82 Å². The Morgan fingerprint density at radius 3 is 3.06 bits per heavy atom. The van der Waals surface area contributed by atoms with Crippen LogP contribution < -0.4 is 11.1 Å². The first-order chi connectivity index (χ1) is 8.69. The quantitative estimate of drug-likeness (QED) is 0.793. The number of aryl methyl sites for hydroxylation is 1. The zero-order valence-corrected chi connectivity index (χ0v) is 10.6. The number of anilines is 1. The summed E-state index contributed by atoms with van der Waals surface area (Å²) in [4.78, 5) is 13.3. The number of hydrogen-bond acceptors (Lipinski definition) is 4. The first-order valence-electron chi connectivity index (χ1n) is 5.29. The van der Waals surface area contributed by atoms with Crippen molar-refractivity contribution in [3.05, 3.63) is 34.2 Å². The molecule has 0 saturated heterocycles. The van der Waals surface area contributed by atoms with Gasteiger partial charge in [-0.05, 0) is 12.1 Å². The van der Waals surface area contributed by atoms with Crippen LogP contribution in [0, 0.1) is 11.8 Å². The summed E-state index contributed by atoms with van der Waals surface area (Å²) >= 11 is 1.33. The van der Waals surface area contributed by atoms with Crippen molar-refractivity contribution in [3.8, 4) is 11.8 Å². The highest BCUT2D eigenvalue weighted by atomic mass is 32.1. The molecular weight excluding hydrogens is 248 g/mol. The fourth-order valence-corrected chi connectivity index (χ4v) is 2.10. The lowest BCUT2D eigenvalue weighted by Crippen LogP contribution is -2.10. The van der Waals surface area contributed by atoms with Gasteiger partial charge in [-0.15, -0.1) is 11.3 Å². The van der Waals surface area contributed by atoms with Crippen LogP contribution in [-0.4, -0.2) is 22.2 Å². The van der Waals surface area contributed by atoms with Gasteiger partial charge in [0.2, 0.25) is 0 Å². The Hall–Kier alpha value is -2.10. The van der Waals surface area contributed by atoms with Crippen LogP contribution in [0.3, 0.4) is 0 Å². The molecule has 3 N–H and O–H groups in total. The van der Waals surface area contributed by atoms with E-state index >= 15 is 0 Å². The molecule has 0 saturated carbocycles. The summed E-state index contributed by atoms with van der Waals surface area (Å²) in [5.41, 5.74) is 5.29. The molecule has 2 heterocycles. The van der Waals surface area contributed by atoms with Crippen LogP contribution in [0.1, 0.15) is 14.5 Å². The minimum atomic E-state index is -0.181. The molecule has 0 aliphatic carbocycles. The Kier molecular flexibility index (Phi) is 3.77. The second-order valence-electron chi connectivity index (χ2n) is 3.50. The van der Waals surface area contributed by atoms with Crippen molar-refractivity contribution in [1.29, 1.82) is 0 Å². The van der Waals surface area contributed by atoms with Crippen molar-refractivity contribution in [3.63, 3.8) is 0 Å². The van der Waals surface area contributed by atoms with Gasteiger partial charge in [0.15, 0.2) is 5.82 Å². The Balaban J connectivity index is 2.07. The van der Waals surface area contributed by atoms with Gasteiger partial charge >= 0.3 is 0 Å². The number of hydrogen-bond donors (Lipinski definition) is 2. The van der Waals surface area contributed by atoms with Crippen molar-refractivity contribution in [2.24, 2.45) is 12.8 Å². The van der Waals surface area contributed by atoms with Gasteiger partial charge in [0.1, 0.15) is 0 Å².